The Bertz CT molecular complexity index is 523. The predicted molar refractivity (Wildman–Crippen MR) is 82.5 cm³/mol. The van der Waals surface area contributed by atoms with Crippen molar-refractivity contribution < 1.29 is 0 Å². The van der Waals surface area contributed by atoms with Crippen LogP contribution in [0.15, 0.2) is 42.5 Å². The number of benzene rings is 2. The van der Waals surface area contributed by atoms with E-state index >= 15 is 0 Å². The van der Waals surface area contributed by atoms with Crippen molar-refractivity contribution in [2.24, 2.45) is 0 Å². The van der Waals surface area contributed by atoms with E-state index in [9.17, 15) is 0 Å². The van der Waals surface area contributed by atoms with E-state index in [1.165, 1.54) is 27.8 Å². The molecule has 1 heteroatoms. The fourth-order valence-electron chi connectivity index (χ4n) is 2.44. The molecule has 100 valence electrons. The number of rotatable bonds is 5. The van der Waals surface area contributed by atoms with Gasteiger partial charge < -0.3 is 5.32 Å². The van der Waals surface area contributed by atoms with Gasteiger partial charge in [-0.05, 0) is 56.0 Å². The average Bonchev–Trinajstić information content (AvgIpc) is 2.37. The maximum atomic E-state index is 3.55. The van der Waals surface area contributed by atoms with Crippen LogP contribution in [-0.4, -0.2) is 6.54 Å². The average molecular weight is 253 g/mol. The summed E-state index contributed by atoms with van der Waals surface area (Å²) in [5.74, 6) is 0. The summed E-state index contributed by atoms with van der Waals surface area (Å²) in [5.41, 5.74) is 6.94. The number of aryl methyl sites for hydroxylation is 3. The largest absolute Gasteiger partial charge is 0.312 e. The van der Waals surface area contributed by atoms with E-state index in [1.54, 1.807) is 0 Å². The third-order valence-electron chi connectivity index (χ3n) is 3.62. The maximum absolute atomic E-state index is 3.55. The Morgan fingerprint density at radius 3 is 2.26 bits per heavy atom. The molecule has 0 unspecified atom stereocenters. The molecule has 2 aromatic carbocycles. The van der Waals surface area contributed by atoms with Crippen LogP contribution in [0.3, 0.4) is 0 Å². The highest BCUT2D eigenvalue weighted by molar-refractivity contribution is 5.33. The molecule has 1 N–H and O–H groups in total. The molecule has 0 aliphatic carbocycles. The van der Waals surface area contributed by atoms with E-state index in [0.717, 1.165) is 19.5 Å². The molecule has 1 nitrogen and oxygen atoms in total. The Kier molecular flexibility index (Phi) is 4.75. The first-order valence-electron chi connectivity index (χ1n) is 6.98. The smallest absolute Gasteiger partial charge is 0.0210 e. The Morgan fingerprint density at radius 1 is 0.895 bits per heavy atom. The molecule has 2 aromatic rings. The fraction of sp³-hybridized carbons (Fsp3) is 0.333. The van der Waals surface area contributed by atoms with Crippen LogP contribution in [0.5, 0.6) is 0 Å². The molecule has 0 aromatic heterocycles. The number of nitrogens with one attached hydrogen (secondary N) is 1. The summed E-state index contributed by atoms with van der Waals surface area (Å²) < 4.78 is 0. The second kappa shape index (κ2) is 6.53. The molecule has 0 bridgehead atoms. The summed E-state index contributed by atoms with van der Waals surface area (Å²) in [7, 11) is 0. The monoisotopic (exact) mass is 253 g/mol. The van der Waals surface area contributed by atoms with Crippen LogP contribution in [-0.2, 0) is 13.0 Å². The molecule has 0 atom stereocenters. The molecule has 0 aliphatic rings. The summed E-state index contributed by atoms with van der Waals surface area (Å²) in [6.07, 6.45) is 1.09. The first-order valence-corrected chi connectivity index (χ1v) is 6.98. The van der Waals surface area contributed by atoms with Crippen LogP contribution in [0.4, 0.5) is 0 Å². The van der Waals surface area contributed by atoms with Crippen molar-refractivity contribution in [2.75, 3.05) is 6.54 Å². The lowest BCUT2D eigenvalue weighted by atomic mass is 10.0. The van der Waals surface area contributed by atoms with Crippen molar-refractivity contribution in [3.05, 3.63) is 70.3 Å². The van der Waals surface area contributed by atoms with Gasteiger partial charge in [-0.1, -0.05) is 48.0 Å². The number of hydrogen-bond donors (Lipinski definition) is 1. The first-order chi connectivity index (χ1) is 9.16. The van der Waals surface area contributed by atoms with Crippen molar-refractivity contribution >= 4 is 0 Å². The fourth-order valence-corrected chi connectivity index (χ4v) is 2.44. The highest BCUT2D eigenvalue weighted by atomic mass is 14.8. The zero-order valence-electron chi connectivity index (χ0n) is 12.2. The molecule has 0 saturated heterocycles. The molecule has 0 aliphatic heterocycles. The van der Waals surface area contributed by atoms with Crippen LogP contribution < -0.4 is 5.32 Å². The Morgan fingerprint density at radius 2 is 1.58 bits per heavy atom. The van der Waals surface area contributed by atoms with Crippen molar-refractivity contribution in [3.63, 3.8) is 0 Å². The molecule has 19 heavy (non-hydrogen) atoms. The molecule has 0 spiro atoms. The van der Waals surface area contributed by atoms with E-state index in [1.807, 2.05) is 0 Å². The van der Waals surface area contributed by atoms with Gasteiger partial charge in [-0.3, -0.25) is 0 Å². The van der Waals surface area contributed by atoms with Crippen molar-refractivity contribution in [1.82, 2.24) is 5.32 Å². The summed E-state index contributed by atoms with van der Waals surface area (Å²) in [6.45, 7) is 8.50. The van der Waals surface area contributed by atoms with E-state index in [4.69, 9.17) is 0 Å². The van der Waals surface area contributed by atoms with Gasteiger partial charge in [-0.2, -0.15) is 0 Å². The quantitative estimate of drug-likeness (QED) is 0.796. The predicted octanol–water partition coefficient (Wildman–Crippen LogP) is 3.94. The third kappa shape index (κ3) is 3.93. The van der Waals surface area contributed by atoms with Crippen LogP contribution in [0, 0.1) is 20.8 Å². The van der Waals surface area contributed by atoms with Gasteiger partial charge in [0.2, 0.25) is 0 Å². The minimum atomic E-state index is 0.963. The van der Waals surface area contributed by atoms with Gasteiger partial charge in [-0.25, -0.2) is 0 Å². The molecule has 2 rings (SSSR count). The van der Waals surface area contributed by atoms with Crippen LogP contribution in [0.1, 0.15) is 27.8 Å². The van der Waals surface area contributed by atoms with Crippen molar-refractivity contribution in [2.45, 2.75) is 33.7 Å². The summed E-state index contributed by atoms with van der Waals surface area (Å²) in [6, 6.07) is 15.2. The van der Waals surface area contributed by atoms with Crippen LogP contribution in [0.25, 0.3) is 0 Å². The topological polar surface area (TPSA) is 12.0 Å². The highest BCUT2D eigenvalue weighted by Crippen LogP contribution is 2.12. The van der Waals surface area contributed by atoms with E-state index < -0.39 is 0 Å². The lowest BCUT2D eigenvalue weighted by Gasteiger charge is -2.11. The standard InChI is InChI=1S/C18H23N/c1-14-6-4-9-17(12-14)10-11-19-13-18-15(2)7-5-8-16(18)3/h4-9,12,19H,10-11,13H2,1-3H3. The zero-order chi connectivity index (χ0) is 13.7. The Hall–Kier alpha value is -1.60. The summed E-state index contributed by atoms with van der Waals surface area (Å²) in [4.78, 5) is 0. The highest BCUT2D eigenvalue weighted by Gasteiger charge is 2.01. The molecule has 0 saturated carbocycles. The van der Waals surface area contributed by atoms with Crippen LogP contribution in [0.2, 0.25) is 0 Å². The van der Waals surface area contributed by atoms with Crippen molar-refractivity contribution in [3.8, 4) is 0 Å². The Balaban J connectivity index is 1.84. The second-order valence-corrected chi connectivity index (χ2v) is 5.29. The van der Waals surface area contributed by atoms with Crippen molar-refractivity contribution in [1.29, 1.82) is 0 Å². The second-order valence-electron chi connectivity index (χ2n) is 5.29. The molecule has 0 radical (unpaired) electrons. The van der Waals surface area contributed by atoms with Gasteiger partial charge in [0, 0.05) is 6.54 Å². The van der Waals surface area contributed by atoms with Crippen LogP contribution >= 0.6 is 0 Å². The Labute approximate surface area is 116 Å². The van der Waals surface area contributed by atoms with Gasteiger partial charge in [0.1, 0.15) is 0 Å². The van der Waals surface area contributed by atoms with Gasteiger partial charge >= 0.3 is 0 Å². The molecular formula is C18H23N. The van der Waals surface area contributed by atoms with E-state index in [2.05, 4.69) is 68.6 Å². The van der Waals surface area contributed by atoms with Gasteiger partial charge in [-0.15, -0.1) is 0 Å². The molecular weight excluding hydrogens is 230 g/mol. The van der Waals surface area contributed by atoms with E-state index in [0.29, 0.717) is 0 Å². The van der Waals surface area contributed by atoms with Gasteiger partial charge in [0.15, 0.2) is 0 Å². The summed E-state index contributed by atoms with van der Waals surface area (Å²) >= 11 is 0. The lowest BCUT2D eigenvalue weighted by molar-refractivity contribution is 0.682. The van der Waals surface area contributed by atoms with Gasteiger partial charge in [0.05, 0.1) is 0 Å². The van der Waals surface area contributed by atoms with Gasteiger partial charge in [0.25, 0.3) is 0 Å². The molecule has 0 heterocycles. The zero-order valence-corrected chi connectivity index (χ0v) is 12.2. The minimum absolute atomic E-state index is 0.963. The molecule has 0 fully saturated rings. The first kappa shape index (κ1) is 13.8. The van der Waals surface area contributed by atoms with E-state index in [-0.39, 0.29) is 0 Å². The minimum Gasteiger partial charge on any atom is -0.312 e. The lowest BCUT2D eigenvalue weighted by Crippen LogP contribution is -2.18. The maximum Gasteiger partial charge on any atom is 0.0210 e. The SMILES string of the molecule is Cc1cccc(CCNCc2c(C)cccc2C)c1. The third-order valence-corrected chi connectivity index (χ3v) is 3.62. The normalized spacial score (nSPS) is 10.7. The number of hydrogen-bond acceptors (Lipinski definition) is 1. The summed E-state index contributed by atoms with van der Waals surface area (Å²) in [5, 5.41) is 3.55. The molecule has 0 amide bonds.